The Bertz CT molecular complexity index is 444. The number of aryl methyl sites for hydroxylation is 1. The van der Waals surface area contributed by atoms with Crippen molar-refractivity contribution in [2.75, 3.05) is 26.2 Å². The summed E-state index contributed by atoms with van der Waals surface area (Å²) in [6.07, 6.45) is 0.160. The molecule has 1 aromatic rings. The lowest BCUT2D eigenvalue weighted by atomic mass is 10.1. The van der Waals surface area contributed by atoms with E-state index >= 15 is 0 Å². The number of fused-ring (bicyclic) bond motifs is 1. The van der Waals surface area contributed by atoms with Gasteiger partial charge in [0.2, 0.25) is 0 Å². The molecular formula is C14H18N2O2. The molecule has 2 atom stereocenters. The molecule has 0 radical (unpaired) electrons. The Morgan fingerprint density at radius 2 is 2.11 bits per heavy atom. The van der Waals surface area contributed by atoms with Gasteiger partial charge in [-0.2, -0.15) is 0 Å². The first-order valence-electron chi connectivity index (χ1n) is 6.45. The van der Waals surface area contributed by atoms with E-state index in [4.69, 9.17) is 4.74 Å². The van der Waals surface area contributed by atoms with Crippen molar-refractivity contribution in [3.63, 3.8) is 0 Å². The van der Waals surface area contributed by atoms with Gasteiger partial charge in [-0.05, 0) is 19.1 Å². The van der Waals surface area contributed by atoms with E-state index in [9.17, 15) is 4.79 Å². The molecule has 2 heterocycles. The molecule has 4 nitrogen and oxygen atoms in total. The van der Waals surface area contributed by atoms with Crippen LogP contribution in [0.25, 0.3) is 0 Å². The fourth-order valence-electron chi connectivity index (χ4n) is 2.70. The van der Waals surface area contributed by atoms with Crippen LogP contribution in [-0.2, 0) is 4.74 Å². The van der Waals surface area contributed by atoms with E-state index in [1.807, 2.05) is 36.1 Å². The zero-order chi connectivity index (χ0) is 12.5. The highest BCUT2D eigenvalue weighted by Crippen LogP contribution is 2.20. The summed E-state index contributed by atoms with van der Waals surface area (Å²) in [4.78, 5) is 14.5. The normalized spacial score (nSPS) is 27.1. The van der Waals surface area contributed by atoms with Crippen LogP contribution in [0, 0.1) is 6.92 Å². The molecule has 2 unspecified atom stereocenters. The molecule has 2 saturated heterocycles. The fraction of sp³-hybridized carbons (Fsp3) is 0.500. The van der Waals surface area contributed by atoms with E-state index in [1.54, 1.807) is 0 Å². The molecule has 0 saturated carbocycles. The number of amides is 1. The van der Waals surface area contributed by atoms with Crippen LogP contribution in [0.1, 0.15) is 15.9 Å². The maximum Gasteiger partial charge on any atom is 0.254 e. The van der Waals surface area contributed by atoms with Gasteiger partial charge in [0.05, 0.1) is 18.8 Å². The van der Waals surface area contributed by atoms with Crippen molar-refractivity contribution in [1.82, 2.24) is 10.2 Å². The molecule has 4 heteroatoms. The maximum atomic E-state index is 12.5. The SMILES string of the molecule is Cc1ccc(C(=O)N2CCOC3CNCC32)cc1. The Kier molecular flexibility index (Phi) is 3.06. The largest absolute Gasteiger partial charge is 0.373 e. The van der Waals surface area contributed by atoms with Crippen LogP contribution < -0.4 is 5.32 Å². The summed E-state index contributed by atoms with van der Waals surface area (Å²) in [5.41, 5.74) is 1.95. The Morgan fingerprint density at radius 3 is 2.89 bits per heavy atom. The summed E-state index contributed by atoms with van der Waals surface area (Å²) < 4.78 is 5.68. The van der Waals surface area contributed by atoms with Crippen molar-refractivity contribution >= 4 is 5.91 Å². The summed E-state index contributed by atoms with van der Waals surface area (Å²) in [5, 5.41) is 3.29. The molecular weight excluding hydrogens is 228 g/mol. The minimum Gasteiger partial charge on any atom is -0.373 e. The maximum absolute atomic E-state index is 12.5. The van der Waals surface area contributed by atoms with Gasteiger partial charge in [-0.1, -0.05) is 17.7 Å². The monoisotopic (exact) mass is 246 g/mol. The van der Waals surface area contributed by atoms with Gasteiger partial charge in [-0.3, -0.25) is 4.79 Å². The van der Waals surface area contributed by atoms with Crippen LogP contribution in [0.3, 0.4) is 0 Å². The number of hydrogen-bond acceptors (Lipinski definition) is 3. The lowest BCUT2D eigenvalue weighted by Crippen LogP contribution is -2.53. The highest BCUT2D eigenvalue weighted by molar-refractivity contribution is 5.94. The van der Waals surface area contributed by atoms with Crippen molar-refractivity contribution < 1.29 is 9.53 Å². The molecule has 0 bridgehead atoms. The van der Waals surface area contributed by atoms with Crippen LogP contribution in [0.2, 0.25) is 0 Å². The van der Waals surface area contributed by atoms with Crippen molar-refractivity contribution in [1.29, 1.82) is 0 Å². The van der Waals surface area contributed by atoms with Crippen LogP contribution in [-0.4, -0.2) is 49.2 Å². The Balaban J connectivity index is 1.81. The number of nitrogens with zero attached hydrogens (tertiary/aromatic N) is 1. The number of benzene rings is 1. The molecule has 1 aromatic carbocycles. The molecule has 0 spiro atoms. The average molecular weight is 246 g/mol. The second-order valence-corrected chi connectivity index (χ2v) is 5.00. The third-order valence-corrected chi connectivity index (χ3v) is 3.75. The van der Waals surface area contributed by atoms with Crippen LogP contribution in [0.5, 0.6) is 0 Å². The molecule has 2 fully saturated rings. The lowest BCUT2D eigenvalue weighted by molar-refractivity contribution is -0.0364. The third-order valence-electron chi connectivity index (χ3n) is 3.75. The highest BCUT2D eigenvalue weighted by Gasteiger charge is 2.38. The van der Waals surface area contributed by atoms with Gasteiger partial charge in [-0.15, -0.1) is 0 Å². The van der Waals surface area contributed by atoms with Gasteiger partial charge in [0.15, 0.2) is 0 Å². The number of morpholine rings is 1. The molecule has 3 rings (SSSR count). The summed E-state index contributed by atoms with van der Waals surface area (Å²) in [6, 6.07) is 7.97. The highest BCUT2D eigenvalue weighted by atomic mass is 16.5. The molecule has 0 aliphatic carbocycles. The van der Waals surface area contributed by atoms with Crippen molar-refractivity contribution in [3.05, 3.63) is 35.4 Å². The fourth-order valence-corrected chi connectivity index (χ4v) is 2.70. The number of nitrogens with one attached hydrogen (secondary N) is 1. The van der Waals surface area contributed by atoms with Crippen LogP contribution in [0.15, 0.2) is 24.3 Å². The van der Waals surface area contributed by atoms with Gasteiger partial charge >= 0.3 is 0 Å². The molecule has 2 aliphatic rings. The summed E-state index contributed by atoms with van der Waals surface area (Å²) in [7, 11) is 0. The van der Waals surface area contributed by atoms with E-state index in [2.05, 4.69) is 5.32 Å². The minimum atomic E-state index is 0.122. The summed E-state index contributed by atoms with van der Waals surface area (Å²) >= 11 is 0. The standard InChI is InChI=1S/C14H18N2O2/c1-10-2-4-11(5-3-10)14(17)16-6-7-18-13-9-15-8-12(13)16/h2-5,12-13,15H,6-9H2,1H3. The van der Waals surface area contributed by atoms with Crippen molar-refractivity contribution in [2.24, 2.45) is 0 Å². The van der Waals surface area contributed by atoms with Gasteiger partial charge in [0, 0.05) is 25.2 Å². The Labute approximate surface area is 107 Å². The van der Waals surface area contributed by atoms with Crippen LogP contribution in [0.4, 0.5) is 0 Å². The summed E-state index contributed by atoms with van der Waals surface area (Å²) in [6.45, 7) is 5.04. The van der Waals surface area contributed by atoms with Crippen molar-refractivity contribution in [2.45, 2.75) is 19.1 Å². The first-order valence-corrected chi connectivity index (χ1v) is 6.45. The predicted octanol–water partition coefficient (Wildman–Crippen LogP) is 0.808. The number of hydrogen-bond donors (Lipinski definition) is 1. The molecule has 18 heavy (non-hydrogen) atoms. The second-order valence-electron chi connectivity index (χ2n) is 5.00. The Morgan fingerprint density at radius 1 is 1.33 bits per heavy atom. The number of rotatable bonds is 1. The number of carbonyl (C=O) groups is 1. The first kappa shape index (κ1) is 11.7. The lowest BCUT2D eigenvalue weighted by Gasteiger charge is -2.37. The molecule has 96 valence electrons. The Hall–Kier alpha value is -1.39. The molecule has 2 aliphatic heterocycles. The third kappa shape index (κ3) is 2.02. The van der Waals surface area contributed by atoms with Gasteiger partial charge in [-0.25, -0.2) is 0 Å². The van der Waals surface area contributed by atoms with Crippen molar-refractivity contribution in [3.8, 4) is 0 Å². The number of carbonyl (C=O) groups excluding carboxylic acids is 1. The molecule has 1 N–H and O–H groups in total. The zero-order valence-electron chi connectivity index (χ0n) is 10.6. The van der Waals surface area contributed by atoms with E-state index in [0.29, 0.717) is 13.2 Å². The van der Waals surface area contributed by atoms with Crippen LogP contribution >= 0.6 is 0 Å². The first-order chi connectivity index (χ1) is 8.75. The van der Waals surface area contributed by atoms with E-state index < -0.39 is 0 Å². The van der Waals surface area contributed by atoms with E-state index in [1.165, 1.54) is 5.56 Å². The topological polar surface area (TPSA) is 41.6 Å². The molecule has 0 aromatic heterocycles. The predicted molar refractivity (Wildman–Crippen MR) is 68.6 cm³/mol. The second kappa shape index (κ2) is 4.71. The molecule has 1 amide bonds. The van der Waals surface area contributed by atoms with E-state index in [0.717, 1.165) is 18.7 Å². The quantitative estimate of drug-likeness (QED) is 0.797. The summed E-state index contributed by atoms with van der Waals surface area (Å²) in [5.74, 6) is 0.122. The van der Waals surface area contributed by atoms with E-state index in [-0.39, 0.29) is 18.1 Å². The minimum absolute atomic E-state index is 0.122. The smallest absolute Gasteiger partial charge is 0.254 e. The van der Waals surface area contributed by atoms with Gasteiger partial charge in [0.25, 0.3) is 5.91 Å². The number of ether oxygens (including phenoxy) is 1. The zero-order valence-corrected chi connectivity index (χ0v) is 10.6. The van der Waals surface area contributed by atoms with Gasteiger partial charge < -0.3 is 15.0 Å². The van der Waals surface area contributed by atoms with Gasteiger partial charge in [0.1, 0.15) is 0 Å². The average Bonchev–Trinajstić information content (AvgIpc) is 2.87.